The number of rotatable bonds is 1. The number of ether oxygens (including phenoxy) is 1. The van der Waals surface area contributed by atoms with Crippen LogP contribution in [0.2, 0.25) is 0 Å². The van der Waals surface area contributed by atoms with E-state index < -0.39 is 0 Å². The molecule has 0 saturated heterocycles. The molecule has 1 heterocycles. The normalized spacial score (nSPS) is 17.5. The molecule has 0 radical (unpaired) electrons. The molecule has 5 heteroatoms. The lowest BCUT2D eigenvalue weighted by atomic mass is 10.5. The number of amidine groups is 1. The quantitative estimate of drug-likeness (QED) is 0.656. The van der Waals surface area contributed by atoms with Crippen LogP contribution in [-0.4, -0.2) is 23.8 Å². The van der Waals surface area contributed by atoms with Crippen molar-refractivity contribution in [3.05, 3.63) is 10.9 Å². The number of hydrogen-bond acceptors (Lipinski definition) is 4. The highest BCUT2D eigenvalue weighted by Crippen LogP contribution is 2.10. The SMILES string of the molecule is CC(C)OC1=NCC(Cl)=C(O)N1. The fourth-order valence-electron chi connectivity index (χ4n) is 0.715. The van der Waals surface area contributed by atoms with Gasteiger partial charge in [-0.25, -0.2) is 4.99 Å². The molecule has 4 nitrogen and oxygen atoms in total. The third kappa shape index (κ3) is 2.30. The average Bonchev–Trinajstić information content (AvgIpc) is 1.96. The number of hydrogen-bond donors (Lipinski definition) is 2. The molecule has 1 aliphatic heterocycles. The lowest BCUT2D eigenvalue weighted by Gasteiger charge is -2.17. The van der Waals surface area contributed by atoms with Crippen molar-refractivity contribution >= 4 is 17.6 Å². The topological polar surface area (TPSA) is 53.9 Å². The fraction of sp³-hybridized carbons (Fsp3) is 0.571. The Hall–Kier alpha value is -0.900. The first-order valence-corrected chi connectivity index (χ1v) is 4.03. The van der Waals surface area contributed by atoms with Crippen LogP contribution in [0.4, 0.5) is 0 Å². The summed E-state index contributed by atoms with van der Waals surface area (Å²) in [5, 5.41) is 12.0. The van der Waals surface area contributed by atoms with Crippen molar-refractivity contribution in [1.82, 2.24) is 5.32 Å². The Labute approximate surface area is 75.9 Å². The highest BCUT2D eigenvalue weighted by molar-refractivity contribution is 6.30. The summed E-state index contributed by atoms with van der Waals surface area (Å²) in [5.41, 5.74) is 0. The first-order valence-electron chi connectivity index (χ1n) is 3.65. The Morgan fingerprint density at radius 1 is 1.67 bits per heavy atom. The van der Waals surface area contributed by atoms with E-state index in [4.69, 9.17) is 21.4 Å². The van der Waals surface area contributed by atoms with E-state index in [1.54, 1.807) is 0 Å². The van der Waals surface area contributed by atoms with Crippen LogP contribution >= 0.6 is 11.6 Å². The van der Waals surface area contributed by atoms with Crippen LogP contribution in [0.3, 0.4) is 0 Å². The van der Waals surface area contributed by atoms with Gasteiger partial charge in [-0.2, -0.15) is 0 Å². The van der Waals surface area contributed by atoms with Crippen molar-refractivity contribution < 1.29 is 9.84 Å². The molecule has 2 N–H and O–H groups in total. The first-order chi connectivity index (χ1) is 5.59. The number of aliphatic imine (C=N–C) groups is 1. The smallest absolute Gasteiger partial charge is 0.292 e. The average molecular weight is 191 g/mol. The fourth-order valence-corrected chi connectivity index (χ4v) is 0.822. The Bertz CT molecular complexity index is 236. The van der Waals surface area contributed by atoms with Gasteiger partial charge in [-0.05, 0) is 13.8 Å². The first kappa shape index (κ1) is 9.19. The Morgan fingerprint density at radius 3 is 2.83 bits per heavy atom. The number of nitrogens with zero attached hydrogens (tertiary/aromatic N) is 1. The highest BCUT2D eigenvalue weighted by atomic mass is 35.5. The van der Waals surface area contributed by atoms with Gasteiger partial charge in [0, 0.05) is 0 Å². The van der Waals surface area contributed by atoms with E-state index in [9.17, 15) is 0 Å². The minimum Gasteiger partial charge on any atom is -0.494 e. The van der Waals surface area contributed by atoms with Crippen molar-refractivity contribution in [1.29, 1.82) is 0 Å². The second kappa shape index (κ2) is 3.67. The van der Waals surface area contributed by atoms with Crippen molar-refractivity contribution in [3.63, 3.8) is 0 Å². The van der Waals surface area contributed by atoms with Crippen LogP contribution in [0.25, 0.3) is 0 Å². The van der Waals surface area contributed by atoms with Crippen molar-refractivity contribution in [2.24, 2.45) is 4.99 Å². The van der Waals surface area contributed by atoms with E-state index in [0.29, 0.717) is 11.1 Å². The monoisotopic (exact) mass is 190 g/mol. The molecule has 0 aromatic rings. The molecule has 0 saturated carbocycles. The van der Waals surface area contributed by atoms with Crippen LogP contribution in [0.5, 0.6) is 0 Å². The van der Waals surface area contributed by atoms with Gasteiger partial charge in [-0.3, -0.25) is 5.32 Å². The van der Waals surface area contributed by atoms with Gasteiger partial charge in [0.2, 0.25) is 5.88 Å². The molecule has 0 unspecified atom stereocenters. The molecule has 0 aliphatic carbocycles. The molecule has 12 heavy (non-hydrogen) atoms. The van der Waals surface area contributed by atoms with Crippen LogP contribution < -0.4 is 5.32 Å². The van der Waals surface area contributed by atoms with Crippen LogP contribution in [0, 0.1) is 0 Å². The summed E-state index contributed by atoms with van der Waals surface area (Å²) in [5.74, 6) is -0.0812. The zero-order chi connectivity index (χ0) is 9.14. The van der Waals surface area contributed by atoms with Crippen LogP contribution in [-0.2, 0) is 4.74 Å². The van der Waals surface area contributed by atoms with Gasteiger partial charge in [0.05, 0.1) is 17.7 Å². The van der Waals surface area contributed by atoms with Crippen molar-refractivity contribution in [2.75, 3.05) is 6.54 Å². The molecule has 1 rings (SSSR count). The van der Waals surface area contributed by atoms with E-state index in [0.717, 1.165) is 0 Å². The molecule has 0 atom stereocenters. The molecule has 0 fully saturated rings. The van der Waals surface area contributed by atoms with Gasteiger partial charge in [-0.15, -0.1) is 0 Å². The molecule has 0 aromatic carbocycles. The molecular formula is C7H11ClN2O2. The summed E-state index contributed by atoms with van der Waals surface area (Å²) in [6, 6.07) is 0.312. The minimum absolute atomic E-state index is 0.0286. The Balaban J connectivity index is 2.52. The van der Waals surface area contributed by atoms with Gasteiger partial charge >= 0.3 is 0 Å². The maximum absolute atomic E-state index is 9.14. The van der Waals surface area contributed by atoms with Gasteiger partial charge in [0.15, 0.2) is 0 Å². The summed E-state index contributed by atoms with van der Waals surface area (Å²) >= 11 is 5.57. The lowest BCUT2D eigenvalue weighted by Crippen LogP contribution is -2.31. The highest BCUT2D eigenvalue weighted by Gasteiger charge is 2.13. The summed E-state index contributed by atoms with van der Waals surface area (Å²) in [6.07, 6.45) is 0.0286. The van der Waals surface area contributed by atoms with Gasteiger partial charge < -0.3 is 9.84 Å². The van der Waals surface area contributed by atoms with Crippen molar-refractivity contribution in [2.45, 2.75) is 20.0 Å². The second-order valence-corrected chi connectivity index (χ2v) is 3.12. The molecule has 68 valence electrons. The minimum atomic E-state index is -0.0812. The number of nitrogens with one attached hydrogen (secondary N) is 1. The maximum Gasteiger partial charge on any atom is 0.292 e. The largest absolute Gasteiger partial charge is 0.494 e. The van der Waals surface area contributed by atoms with Crippen molar-refractivity contribution in [3.8, 4) is 0 Å². The molecule has 0 spiro atoms. The third-order valence-electron chi connectivity index (χ3n) is 1.19. The number of aliphatic hydroxyl groups excluding tert-OH is 1. The molecule has 0 aromatic heterocycles. The van der Waals surface area contributed by atoms with Gasteiger partial charge in [0.1, 0.15) is 0 Å². The van der Waals surface area contributed by atoms with Crippen LogP contribution in [0.15, 0.2) is 15.9 Å². The Morgan fingerprint density at radius 2 is 2.33 bits per heavy atom. The predicted octanol–water partition coefficient (Wildman–Crippen LogP) is 1.34. The maximum atomic E-state index is 9.14. The number of halogens is 1. The number of aliphatic hydroxyl groups is 1. The zero-order valence-corrected chi connectivity index (χ0v) is 7.72. The zero-order valence-electron chi connectivity index (χ0n) is 6.97. The van der Waals surface area contributed by atoms with Crippen LogP contribution in [0.1, 0.15) is 13.8 Å². The molecular weight excluding hydrogens is 180 g/mol. The van der Waals surface area contributed by atoms with Gasteiger partial charge in [-0.1, -0.05) is 11.6 Å². The summed E-state index contributed by atoms with van der Waals surface area (Å²) in [4.78, 5) is 3.93. The summed E-state index contributed by atoms with van der Waals surface area (Å²) in [6.45, 7) is 4.02. The standard InChI is InChI=1S/C7H11ClN2O2/c1-4(2)12-7-9-3-5(8)6(11)10-7/h4,11H,3H2,1-2H3,(H,9,10). The molecule has 0 bridgehead atoms. The lowest BCUT2D eigenvalue weighted by molar-refractivity contribution is 0.210. The van der Waals surface area contributed by atoms with Gasteiger partial charge in [0.25, 0.3) is 6.02 Å². The second-order valence-electron chi connectivity index (χ2n) is 2.67. The molecule has 0 amide bonds. The van der Waals surface area contributed by atoms with E-state index in [1.807, 2.05) is 13.8 Å². The van der Waals surface area contributed by atoms with E-state index >= 15 is 0 Å². The summed E-state index contributed by atoms with van der Waals surface area (Å²) < 4.78 is 5.20. The third-order valence-corrected chi connectivity index (χ3v) is 1.49. The summed E-state index contributed by atoms with van der Waals surface area (Å²) in [7, 11) is 0. The molecule has 1 aliphatic rings. The van der Waals surface area contributed by atoms with E-state index in [-0.39, 0.29) is 18.5 Å². The van der Waals surface area contributed by atoms with E-state index in [2.05, 4.69) is 10.3 Å². The predicted molar refractivity (Wildman–Crippen MR) is 47.2 cm³/mol. The van der Waals surface area contributed by atoms with E-state index in [1.165, 1.54) is 0 Å². The Kier molecular flexibility index (Phi) is 2.81.